The molecule has 20 heteroatoms. The lowest BCUT2D eigenvalue weighted by Crippen LogP contribution is -2.63. The smallest absolute Gasteiger partial charge is 0.239 e. The third kappa shape index (κ3) is 7.34. The fraction of sp³-hybridized carbons (Fsp3) is 0.545. The van der Waals surface area contributed by atoms with Crippen molar-refractivity contribution in [1.82, 2.24) is 0 Å². The Bertz CT molecular complexity index is 1830. The summed E-state index contributed by atoms with van der Waals surface area (Å²) in [6, 6.07) is 5.16. The number of fused-ring (bicyclic) bond motifs is 1. The summed E-state index contributed by atoms with van der Waals surface area (Å²) in [6.07, 6.45) is -24.2. The van der Waals surface area contributed by atoms with Crippen molar-refractivity contribution in [1.29, 1.82) is 0 Å². The van der Waals surface area contributed by atoms with E-state index >= 15 is 0 Å². The van der Waals surface area contributed by atoms with Gasteiger partial charge in [-0.1, -0.05) is 0 Å². The van der Waals surface area contributed by atoms with E-state index in [9.17, 15) is 66.1 Å². The van der Waals surface area contributed by atoms with E-state index in [2.05, 4.69) is 0 Å². The molecule has 0 amide bonds. The Morgan fingerprint density at radius 1 is 0.642 bits per heavy atom. The second-order valence-electron chi connectivity index (χ2n) is 13.1. The molecule has 3 aliphatic rings. The molecule has 0 aliphatic carbocycles. The van der Waals surface area contributed by atoms with Crippen LogP contribution in [-0.4, -0.2) is 160 Å². The van der Waals surface area contributed by atoms with Crippen LogP contribution in [0.3, 0.4) is 0 Å². The Hall–Kier alpha value is -3.87. The second-order valence-corrected chi connectivity index (χ2v) is 13.1. The summed E-state index contributed by atoms with van der Waals surface area (Å²) in [4.78, 5) is 13.7. The van der Waals surface area contributed by atoms with E-state index in [4.69, 9.17) is 32.8 Å². The quantitative estimate of drug-likeness (QED) is 0.103. The van der Waals surface area contributed by atoms with Crippen LogP contribution in [-0.2, 0) is 23.7 Å². The third-order valence-corrected chi connectivity index (χ3v) is 9.36. The van der Waals surface area contributed by atoms with Gasteiger partial charge < -0.3 is 94.1 Å². The number of aliphatic hydroxyl groups is 8. The van der Waals surface area contributed by atoms with Crippen LogP contribution in [0.5, 0.6) is 28.7 Å². The molecule has 15 atom stereocenters. The van der Waals surface area contributed by atoms with Gasteiger partial charge in [-0.25, -0.2) is 0 Å². The first-order valence-electron chi connectivity index (χ1n) is 16.4. The van der Waals surface area contributed by atoms with Crippen LogP contribution >= 0.6 is 0 Å². The maximum absolute atomic E-state index is 13.7. The SMILES string of the molecule is C[C@@H]1O[C@@H](O[C@@H]2[C@@H](O)[C@@H](O)[C@H](OC[C@H]3O[C@@H](Oc4c(-c5ccc(O)c(O)c5)oc5cc(O)cc(O)c5c4=O)[C@H](O)[C@@H](O)[C@H]3O)O[C@H]2C)[C@H](O)[C@H](O)[C@H]1O. The lowest BCUT2D eigenvalue weighted by atomic mass is 9.97. The van der Waals surface area contributed by atoms with Crippen LogP contribution in [0, 0.1) is 0 Å². The van der Waals surface area contributed by atoms with Crippen LogP contribution in [0.1, 0.15) is 13.8 Å². The molecule has 0 radical (unpaired) electrons. The van der Waals surface area contributed by atoms with Gasteiger partial charge >= 0.3 is 0 Å². The van der Waals surface area contributed by atoms with Crippen molar-refractivity contribution in [2.45, 2.75) is 106 Å². The highest BCUT2D eigenvalue weighted by Gasteiger charge is 2.51. The van der Waals surface area contributed by atoms with E-state index in [1.54, 1.807) is 0 Å². The molecule has 292 valence electrons. The highest BCUT2D eigenvalue weighted by atomic mass is 16.7. The Morgan fingerprint density at radius 3 is 1.98 bits per heavy atom. The van der Waals surface area contributed by atoms with Gasteiger partial charge in [0.1, 0.15) is 83.5 Å². The number of aliphatic hydroxyl groups excluding tert-OH is 8. The minimum absolute atomic E-state index is 0.0610. The first-order chi connectivity index (χ1) is 25.0. The topological polar surface area (TPSA) is 328 Å². The Morgan fingerprint density at radius 2 is 1.28 bits per heavy atom. The molecule has 3 fully saturated rings. The molecule has 0 spiro atoms. The molecule has 4 heterocycles. The molecule has 12 N–H and O–H groups in total. The normalized spacial score (nSPS) is 37.8. The standard InChI is InChI=1S/C33H40O20/c1-9-19(38)22(41)25(44)32(48-9)52-28-10(2)49-31(27(46)24(28)43)47-8-17-20(39)23(42)26(45)33(51-17)53-30-21(40)18-15(37)6-12(34)7-16(18)50-29(30)11-3-4-13(35)14(36)5-11/h3-7,9-10,17,19-20,22-28,31-39,41-46H,8H2,1-2H3/t9-,10-,17+,19-,20-,22+,23-,24-,25+,26+,27+,28-,31+,32-,33-/m0/s1. The molecular formula is C33H40O20. The fourth-order valence-electron chi connectivity index (χ4n) is 6.30. The summed E-state index contributed by atoms with van der Waals surface area (Å²) in [5.41, 5.74) is -1.44. The average molecular weight is 757 g/mol. The Labute approximate surface area is 298 Å². The number of benzene rings is 2. The van der Waals surface area contributed by atoms with Crippen LogP contribution in [0.2, 0.25) is 0 Å². The van der Waals surface area contributed by atoms with Crippen LogP contribution in [0.25, 0.3) is 22.3 Å². The zero-order chi connectivity index (χ0) is 38.6. The minimum atomic E-state index is -2.03. The lowest BCUT2D eigenvalue weighted by molar-refractivity contribution is -0.357. The molecule has 3 aliphatic heterocycles. The van der Waals surface area contributed by atoms with Crippen LogP contribution < -0.4 is 10.2 Å². The molecule has 3 saturated heterocycles. The maximum atomic E-state index is 13.7. The van der Waals surface area contributed by atoms with Crippen molar-refractivity contribution in [3.05, 3.63) is 40.6 Å². The molecule has 53 heavy (non-hydrogen) atoms. The molecule has 0 bridgehead atoms. The zero-order valence-corrected chi connectivity index (χ0v) is 27.9. The number of hydrogen-bond donors (Lipinski definition) is 12. The summed E-state index contributed by atoms with van der Waals surface area (Å²) in [7, 11) is 0. The highest BCUT2D eigenvalue weighted by Crippen LogP contribution is 2.40. The van der Waals surface area contributed by atoms with Gasteiger partial charge in [0.2, 0.25) is 17.5 Å². The summed E-state index contributed by atoms with van der Waals surface area (Å²) in [5, 5.41) is 124. The van der Waals surface area contributed by atoms with Crippen molar-refractivity contribution in [3.63, 3.8) is 0 Å². The molecule has 0 unspecified atom stereocenters. The van der Waals surface area contributed by atoms with Crippen LogP contribution in [0.4, 0.5) is 0 Å². The number of phenolic OH excluding ortho intramolecular Hbond substituents is 4. The summed E-state index contributed by atoms with van der Waals surface area (Å²) in [5.74, 6) is -3.50. The predicted octanol–water partition coefficient (Wildman–Crippen LogP) is -2.84. The summed E-state index contributed by atoms with van der Waals surface area (Å²) < 4.78 is 39.5. The van der Waals surface area contributed by atoms with E-state index in [1.807, 2.05) is 0 Å². The van der Waals surface area contributed by atoms with Gasteiger partial charge in [-0.3, -0.25) is 4.79 Å². The van der Waals surface area contributed by atoms with Gasteiger partial charge in [-0.2, -0.15) is 0 Å². The Kier molecular flexibility index (Phi) is 11.1. The molecule has 3 aromatic rings. The molecular weight excluding hydrogens is 716 g/mol. The zero-order valence-electron chi connectivity index (χ0n) is 27.9. The summed E-state index contributed by atoms with van der Waals surface area (Å²) in [6.45, 7) is 2.16. The van der Waals surface area contributed by atoms with Crippen molar-refractivity contribution in [2.75, 3.05) is 6.61 Å². The largest absolute Gasteiger partial charge is 0.508 e. The van der Waals surface area contributed by atoms with E-state index in [-0.39, 0.29) is 11.1 Å². The molecule has 0 saturated carbocycles. The van der Waals surface area contributed by atoms with Crippen molar-refractivity contribution >= 4 is 11.0 Å². The molecule has 6 rings (SSSR count). The van der Waals surface area contributed by atoms with Gasteiger partial charge in [0.25, 0.3) is 0 Å². The van der Waals surface area contributed by atoms with Gasteiger partial charge in [0, 0.05) is 17.7 Å². The van der Waals surface area contributed by atoms with Gasteiger partial charge in [0.15, 0.2) is 29.8 Å². The number of aromatic hydroxyl groups is 4. The first kappa shape index (κ1) is 38.8. The number of ether oxygens (including phenoxy) is 6. The maximum Gasteiger partial charge on any atom is 0.239 e. The number of rotatable bonds is 8. The lowest BCUT2D eigenvalue weighted by Gasteiger charge is -2.46. The monoisotopic (exact) mass is 756 g/mol. The van der Waals surface area contributed by atoms with Gasteiger partial charge in [-0.05, 0) is 32.0 Å². The van der Waals surface area contributed by atoms with E-state index in [0.29, 0.717) is 0 Å². The minimum Gasteiger partial charge on any atom is -0.508 e. The molecule has 1 aromatic heterocycles. The third-order valence-electron chi connectivity index (χ3n) is 9.36. The van der Waals surface area contributed by atoms with Crippen molar-refractivity contribution < 1.29 is 94.1 Å². The van der Waals surface area contributed by atoms with Crippen molar-refractivity contribution in [3.8, 4) is 40.1 Å². The predicted molar refractivity (Wildman–Crippen MR) is 171 cm³/mol. The second kappa shape index (κ2) is 15.1. The van der Waals surface area contributed by atoms with Crippen molar-refractivity contribution in [2.24, 2.45) is 0 Å². The van der Waals surface area contributed by atoms with E-state index < -0.39 is 144 Å². The highest BCUT2D eigenvalue weighted by molar-refractivity contribution is 5.88. The molecule has 20 nitrogen and oxygen atoms in total. The van der Waals surface area contributed by atoms with E-state index in [1.165, 1.54) is 19.9 Å². The molecule has 2 aromatic carbocycles. The van der Waals surface area contributed by atoms with Gasteiger partial charge in [-0.15, -0.1) is 0 Å². The van der Waals surface area contributed by atoms with E-state index in [0.717, 1.165) is 24.3 Å². The Balaban J connectivity index is 1.20. The van der Waals surface area contributed by atoms with Crippen LogP contribution in [0.15, 0.2) is 39.5 Å². The number of phenols is 4. The summed E-state index contributed by atoms with van der Waals surface area (Å²) >= 11 is 0. The number of hydrogen-bond acceptors (Lipinski definition) is 20. The van der Waals surface area contributed by atoms with Gasteiger partial charge in [0.05, 0.1) is 18.8 Å². The first-order valence-corrected chi connectivity index (χ1v) is 16.4. The average Bonchev–Trinajstić information content (AvgIpc) is 3.11. The fourth-order valence-corrected chi connectivity index (χ4v) is 6.30.